The molecule has 0 amide bonds. The summed E-state index contributed by atoms with van der Waals surface area (Å²) in [6.07, 6.45) is -1.55. The molecule has 0 aliphatic rings. The molecule has 1 atom stereocenters. The second-order valence-corrected chi connectivity index (χ2v) is 6.76. The molecule has 30 heavy (non-hydrogen) atoms. The summed E-state index contributed by atoms with van der Waals surface area (Å²) in [5.41, 5.74) is 4.04. The Bertz CT molecular complexity index is 1230. The lowest BCUT2D eigenvalue weighted by atomic mass is 10.0. The van der Waals surface area contributed by atoms with Crippen LogP contribution >= 0.6 is 23.8 Å². The molecule has 6 N–H and O–H groups in total. The van der Waals surface area contributed by atoms with Crippen molar-refractivity contribution in [3.63, 3.8) is 0 Å². The Kier molecular flexibility index (Phi) is 6.32. The molecule has 13 heteroatoms. The normalized spacial score (nSPS) is 12.4. The summed E-state index contributed by atoms with van der Waals surface area (Å²) >= 11 is 10.8. The summed E-state index contributed by atoms with van der Waals surface area (Å²) in [4.78, 5) is 30.0. The lowest BCUT2D eigenvalue weighted by Gasteiger charge is -2.14. The van der Waals surface area contributed by atoms with Crippen LogP contribution in [-0.4, -0.2) is 30.8 Å². The Morgan fingerprint density at radius 2 is 2.13 bits per heavy atom. The number of nitrogens with one attached hydrogen (secondary N) is 3. The van der Waals surface area contributed by atoms with Gasteiger partial charge in [-0.2, -0.15) is 5.10 Å². The molecule has 0 radical (unpaired) electrons. The van der Waals surface area contributed by atoms with E-state index < -0.39 is 16.6 Å². The van der Waals surface area contributed by atoms with E-state index in [1.54, 1.807) is 12.1 Å². The molecule has 1 unspecified atom stereocenters. The first-order chi connectivity index (χ1) is 14.3. The first kappa shape index (κ1) is 21.3. The number of hydrogen-bond donors (Lipinski definition) is 5. The monoisotopic (exact) mass is 447 g/mol. The fraction of sp³-hybridized carbons (Fsp3) is 0.0588. The van der Waals surface area contributed by atoms with E-state index in [1.165, 1.54) is 24.3 Å². The molecule has 11 nitrogen and oxygen atoms in total. The number of aromatic amines is 1. The number of rotatable bonds is 5. The van der Waals surface area contributed by atoms with E-state index in [1.807, 2.05) is 0 Å². The second kappa shape index (κ2) is 8.92. The van der Waals surface area contributed by atoms with Gasteiger partial charge in [-0.3, -0.25) is 25.8 Å². The van der Waals surface area contributed by atoms with Crippen molar-refractivity contribution in [2.24, 2.45) is 10.9 Å². The highest BCUT2D eigenvalue weighted by Crippen LogP contribution is 2.23. The maximum absolute atomic E-state index is 12.6. The van der Waals surface area contributed by atoms with Crippen molar-refractivity contribution < 1.29 is 10.0 Å². The number of hydrazone groups is 1. The van der Waals surface area contributed by atoms with Crippen LogP contribution in [-0.2, 0) is 0 Å². The number of hydrogen-bond acceptors (Lipinski definition) is 8. The zero-order valence-electron chi connectivity index (χ0n) is 15.0. The number of halogens is 1. The van der Waals surface area contributed by atoms with Gasteiger partial charge in [-0.15, -0.1) is 0 Å². The van der Waals surface area contributed by atoms with Crippen LogP contribution in [0.4, 0.5) is 5.69 Å². The van der Waals surface area contributed by atoms with E-state index in [0.717, 1.165) is 6.07 Å². The van der Waals surface area contributed by atoms with Crippen LogP contribution in [0.1, 0.15) is 17.4 Å². The molecule has 0 fully saturated rings. The molecule has 0 aliphatic heterocycles. The third-order valence-corrected chi connectivity index (χ3v) is 4.41. The smallest absolute Gasteiger partial charge is 0.276 e. The Hall–Kier alpha value is -3.45. The van der Waals surface area contributed by atoms with Gasteiger partial charge in [-0.1, -0.05) is 23.7 Å². The summed E-state index contributed by atoms with van der Waals surface area (Å²) < 4.78 is 0. The van der Waals surface area contributed by atoms with Crippen LogP contribution in [0, 0.1) is 10.1 Å². The number of H-pyrrole nitrogens is 1. The first-order valence-electron chi connectivity index (χ1n) is 8.26. The summed E-state index contributed by atoms with van der Waals surface area (Å²) in [5, 5.41) is 26.2. The first-order valence-corrected chi connectivity index (χ1v) is 9.05. The summed E-state index contributed by atoms with van der Waals surface area (Å²) in [5.74, 6) is 5.20. The largest absolute Gasteiger partial charge is 0.382 e. The number of fused-ring (bicyclic) bond motifs is 1. The molecule has 0 saturated heterocycles. The lowest BCUT2D eigenvalue weighted by Crippen LogP contribution is -2.38. The number of hydrazine groups is 1. The van der Waals surface area contributed by atoms with Crippen LogP contribution in [0.15, 0.2) is 52.4 Å². The second-order valence-electron chi connectivity index (χ2n) is 5.91. The van der Waals surface area contributed by atoms with Gasteiger partial charge < -0.3 is 10.1 Å². The van der Waals surface area contributed by atoms with Crippen LogP contribution < -0.4 is 22.3 Å². The number of nitrogens with zero attached hydrogens (tertiary/aromatic N) is 3. The van der Waals surface area contributed by atoms with Gasteiger partial charge in [0.1, 0.15) is 11.8 Å². The summed E-state index contributed by atoms with van der Waals surface area (Å²) in [6.45, 7) is 0. The van der Waals surface area contributed by atoms with Crippen molar-refractivity contribution in [3.05, 3.63) is 79.2 Å². The highest BCUT2D eigenvalue weighted by atomic mass is 35.5. The van der Waals surface area contributed by atoms with E-state index in [4.69, 9.17) is 29.7 Å². The molecule has 0 bridgehead atoms. The molecular weight excluding hydrogens is 434 g/mol. The molecule has 2 aromatic carbocycles. The molecular formula is C17H14ClN7O4S. The molecule has 1 aromatic heterocycles. The van der Waals surface area contributed by atoms with Crippen molar-refractivity contribution in [3.8, 4) is 0 Å². The van der Waals surface area contributed by atoms with Crippen LogP contribution in [0.2, 0.25) is 5.02 Å². The third-order valence-electron chi connectivity index (χ3n) is 3.96. The molecule has 154 valence electrons. The van der Waals surface area contributed by atoms with Gasteiger partial charge in [0, 0.05) is 17.2 Å². The van der Waals surface area contributed by atoms with E-state index in [-0.39, 0.29) is 27.8 Å². The number of non-ortho nitro benzene ring substituents is 1. The molecule has 0 aliphatic carbocycles. The van der Waals surface area contributed by atoms with Crippen molar-refractivity contribution in [1.29, 1.82) is 0 Å². The number of benzene rings is 2. The minimum absolute atomic E-state index is 0.0947. The van der Waals surface area contributed by atoms with Crippen molar-refractivity contribution in [1.82, 2.24) is 20.8 Å². The van der Waals surface area contributed by atoms with Crippen LogP contribution in [0.3, 0.4) is 0 Å². The van der Waals surface area contributed by atoms with E-state index in [0.29, 0.717) is 16.1 Å². The number of nitrogens with two attached hydrogens (primary N) is 1. The Morgan fingerprint density at radius 3 is 2.83 bits per heavy atom. The van der Waals surface area contributed by atoms with Gasteiger partial charge in [-0.05, 0) is 36.0 Å². The van der Waals surface area contributed by atoms with E-state index in [2.05, 4.69) is 25.9 Å². The number of aliphatic hydroxyl groups excluding tert-OH is 1. The van der Waals surface area contributed by atoms with Crippen LogP contribution in [0.5, 0.6) is 0 Å². The predicted octanol–water partition coefficient (Wildman–Crippen LogP) is 1.26. The Labute approximate surface area is 178 Å². The highest BCUT2D eigenvalue weighted by Gasteiger charge is 2.24. The molecule has 3 aromatic rings. The fourth-order valence-electron chi connectivity index (χ4n) is 2.59. The van der Waals surface area contributed by atoms with Crippen molar-refractivity contribution in [2.45, 2.75) is 6.10 Å². The summed E-state index contributed by atoms with van der Waals surface area (Å²) in [6, 6.07) is 9.95. The van der Waals surface area contributed by atoms with E-state index in [9.17, 15) is 20.0 Å². The third kappa shape index (κ3) is 4.58. The SMILES string of the molecule is NNC(=S)N/N=C(\c1nc2ccc(Cl)cc2[nH]c1=O)C(O)c1cccc([N+](=O)[O-])c1. The molecule has 0 saturated carbocycles. The molecule has 1 heterocycles. The minimum Gasteiger partial charge on any atom is -0.382 e. The van der Waals surface area contributed by atoms with Crippen LogP contribution in [0.25, 0.3) is 11.0 Å². The zero-order valence-corrected chi connectivity index (χ0v) is 16.6. The van der Waals surface area contributed by atoms with Gasteiger partial charge in [-0.25, -0.2) is 10.8 Å². The zero-order chi connectivity index (χ0) is 21.8. The minimum atomic E-state index is -1.55. The standard InChI is InChI=1S/C17H14ClN7O4S/c18-9-4-5-11-12(7-9)21-16(27)14(20-11)13(23-24-17(30)22-19)15(26)8-2-1-3-10(6-8)25(28)29/h1-7,15,26H,19H2,(H,21,27)(H2,22,24,30)/b23-13+. The topological polar surface area (TPSA) is 172 Å². The molecule has 3 rings (SSSR count). The Morgan fingerprint density at radius 1 is 1.37 bits per heavy atom. The number of aromatic nitrogens is 2. The summed E-state index contributed by atoms with van der Waals surface area (Å²) in [7, 11) is 0. The van der Waals surface area contributed by atoms with Gasteiger partial charge in [0.15, 0.2) is 5.69 Å². The average molecular weight is 448 g/mol. The average Bonchev–Trinajstić information content (AvgIpc) is 2.73. The quantitative estimate of drug-likeness (QED) is 0.127. The van der Waals surface area contributed by atoms with Gasteiger partial charge in [0.25, 0.3) is 11.2 Å². The Balaban J connectivity index is 2.15. The van der Waals surface area contributed by atoms with E-state index >= 15 is 0 Å². The number of nitro groups is 1. The number of nitro benzene ring substituents is 1. The highest BCUT2D eigenvalue weighted by molar-refractivity contribution is 7.80. The number of aliphatic hydroxyl groups is 1. The maximum atomic E-state index is 12.6. The maximum Gasteiger partial charge on any atom is 0.276 e. The van der Waals surface area contributed by atoms with Crippen molar-refractivity contribution in [2.75, 3.05) is 0 Å². The predicted molar refractivity (Wildman–Crippen MR) is 115 cm³/mol. The number of thiocarbonyl (C=S) groups is 1. The van der Waals surface area contributed by atoms with Gasteiger partial charge >= 0.3 is 0 Å². The fourth-order valence-corrected chi connectivity index (χ4v) is 2.80. The van der Waals surface area contributed by atoms with Crippen molar-refractivity contribution >= 4 is 51.4 Å². The molecule has 0 spiro atoms. The van der Waals surface area contributed by atoms with Gasteiger partial charge in [0.2, 0.25) is 5.11 Å². The van der Waals surface area contributed by atoms with Gasteiger partial charge in [0.05, 0.1) is 16.0 Å². The lowest BCUT2D eigenvalue weighted by molar-refractivity contribution is -0.385.